The van der Waals surface area contributed by atoms with Crippen molar-refractivity contribution in [1.29, 1.82) is 0 Å². The molecule has 0 saturated heterocycles. The second-order valence-electron chi connectivity index (χ2n) is 6.20. The molecule has 2 heterocycles. The summed E-state index contributed by atoms with van der Waals surface area (Å²) < 4.78 is 38.8. The van der Waals surface area contributed by atoms with Gasteiger partial charge in [-0.15, -0.1) is 11.3 Å². The van der Waals surface area contributed by atoms with Gasteiger partial charge < -0.3 is 24.5 Å². The van der Waals surface area contributed by atoms with Crippen molar-refractivity contribution in [1.82, 2.24) is 0 Å². The largest absolute Gasteiger partial charge is 0.459 e. The van der Waals surface area contributed by atoms with Crippen molar-refractivity contribution in [3.05, 3.63) is 63.9 Å². The number of alkyl halides is 2. The number of carbonyl (C=O) groups excluding carboxylic acids is 3. The first kappa shape index (κ1) is 23.2. The smallest absolute Gasteiger partial charge is 0.387 e. The van der Waals surface area contributed by atoms with Crippen LogP contribution in [0.2, 0.25) is 5.02 Å². The molecule has 0 unspecified atom stereocenters. The second kappa shape index (κ2) is 10.2. The van der Waals surface area contributed by atoms with Gasteiger partial charge in [0.2, 0.25) is 0 Å². The highest BCUT2D eigenvalue weighted by atomic mass is 35.5. The fourth-order valence-corrected chi connectivity index (χ4v) is 3.68. The third-order valence-corrected chi connectivity index (χ3v) is 5.28. The Morgan fingerprint density at radius 1 is 1.19 bits per heavy atom. The number of ether oxygens (including phenoxy) is 2. The van der Waals surface area contributed by atoms with Crippen molar-refractivity contribution >= 4 is 51.4 Å². The van der Waals surface area contributed by atoms with E-state index in [4.69, 9.17) is 20.8 Å². The van der Waals surface area contributed by atoms with Gasteiger partial charge in [-0.25, -0.2) is 4.79 Å². The summed E-state index contributed by atoms with van der Waals surface area (Å²) in [6.45, 7) is -1.98. The first-order valence-corrected chi connectivity index (χ1v) is 10.1. The van der Waals surface area contributed by atoms with E-state index in [1.807, 2.05) is 0 Å². The Kier molecular flexibility index (Phi) is 7.44. The van der Waals surface area contributed by atoms with Gasteiger partial charge in [0.1, 0.15) is 10.6 Å². The van der Waals surface area contributed by atoms with Crippen LogP contribution in [0, 0.1) is 6.92 Å². The predicted octanol–water partition coefficient (Wildman–Crippen LogP) is 4.95. The summed E-state index contributed by atoms with van der Waals surface area (Å²) in [4.78, 5) is 36.6. The number of hydrogen-bond donors (Lipinski definition) is 2. The summed E-state index contributed by atoms with van der Waals surface area (Å²) in [6, 6.07) is 8.35. The van der Waals surface area contributed by atoms with Crippen LogP contribution in [0.1, 0.15) is 25.8 Å². The molecule has 3 aromatic rings. The van der Waals surface area contributed by atoms with Gasteiger partial charge in [0, 0.05) is 5.69 Å². The van der Waals surface area contributed by atoms with Gasteiger partial charge in [0.15, 0.2) is 12.4 Å². The molecule has 168 valence electrons. The molecule has 0 bridgehead atoms. The van der Waals surface area contributed by atoms with Crippen LogP contribution in [0.3, 0.4) is 0 Å². The summed E-state index contributed by atoms with van der Waals surface area (Å²) >= 11 is 6.81. The number of rotatable bonds is 8. The topological polar surface area (TPSA) is 107 Å². The lowest BCUT2D eigenvalue weighted by Crippen LogP contribution is -2.20. The third kappa shape index (κ3) is 6.05. The number of hydrogen-bond acceptors (Lipinski definition) is 7. The zero-order chi connectivity index (χ0) is 23.3. The van der Waals surface area contributed by atoms with E-state index in [9.17, 15) is 23.2 Å². The SMILES string of the molecule is Cc1cc(NC(=O)c2ccco2)sc1C(=O)OCC(=O)Nc1ccc(OC(F)F)c(Cl)c1. The number of aryl methyl sites for hydroxylation is 1. The fourth-order valence-electron chi connectivity index (χ4n) is 2.49. The van der Waals surface area contributed by atoms with E-state index >= 15 is 0 Å². The first-order valence-electron chi connectivity index (χ1n) is 8.89. The number of halogens is 3. The molecule has 0 radical (unpaired) electrons. The molecular formula is C20H15ClF2N2O6S. The molecule has 0 atom stereocenters. The minimum atomic E-state index is -3.04. The van der Waals surface area contributed by atoms with Gasteiger partial charge in [-0.3, -0.25) is 9.59 Å². The van der Waals surface area contributed by atoms with Gasteiger partial charge in [-0.1, -0.05) is 11.6 Å². The minimum Gasteiger partial charge on any atom is -0.459 e. The molecule has 2 amide bonds. The standard InChI is InChI=1S/C20H15ClF2N2O6S/c1-10-7-16(25-18(27)14-3-2-6-29-14)32-17(10)19(28)30-9-15(26)24-11-4-5-13(12(21)8-11)31-20(22)23/h2-8,20H,9H2,1H3,(H,24,26)(H,25,27). The van der Waals surface area contributed by atoms with Crippen LogP contribution in [-0.4, -0.2) is 31.0 Å². The Bertz CT molecular complexity index is 1130. The molecule has 2 aromatic heterocycles. The third-order valence-electron chi connectivity index (χ3n) is 3.85. The summed E-state index contributed by atoms with van der Waals surface area (Å²) in [6.07, 6.45) is 1.36. The Labute approximate surface area is 189 Å². The monoisotopic (exact) mass is 484 g/mol. The predicted molar refractivity (Wildman–Crippen MR) is 113 cm³/mol. The minimum absolute atomic E-state index is 0.116. The van der Waals surface area contributed by atoms with Crippen molar-refractivity contribution in [3.8, 4) is 5.75 Å². The normalized spacial score (nSPS) is 10.7. The van der Waals surface area contributed by atoms with Crippen molar-refractivity contribution in [2.45, 2.75) is 13.5 Å². The molecule has 3 rings (SSSR count). The van der Waals surface area contributed by atoms with Crippen molar-refractivity contribution in [2.24, 2.45) is 0 Å². The maximum atomic E-state index is 12.3. The highest BCUT2D eigenvalue weighted by Gasteiger charge is 2.19. The molecular weight excluding hydrogens is 470 g/mol. The molecule has 0 saturated carbocycles. The Hall–Kier alpha value is -3.44. The molecule has 0 aliphatic heterocycles. The van der Waals surface area contributed by atoms with Gasteiger partial charge in [0.25, 0.3) is 11.8 Å². The van der Waals surface area contributed by atoms with Crippen molar-refractivity contribution < 1.29 is 37.1 Å². The molecule has 0 aliphatic rings. The Balaban J connectivity index is 1.54. The number of nitrogens with one attached hydrogen (secondary N) is 2. The van der Waals surface area contributed by atoms with Crippen molar-refractivity contribution in [3.63, 3.8) is 0 Å². The van der Waals surface area contributed by atoms with Crippen molar-refractivity contribution in [2.75, 3.05) is 17.2 Å². The highest BCUT2D eigenvalue weighted by molar-refractivity contribution is 7.18. The Morgan fingerprint density at radius 3 is 2.62 bits per heavy atom. The van der Waals surface area contributed by atoms with Crippen LogP contribution in [0.5, 0.6) is 5.75 Å². The van der Waals surface area contributed by atoms with Crippen LogP contribution in [0.15, 0.2) is 47.1 Å². The lowest BCUT2D eigenvalue weighted by molar-refractivity contribution is -0.119. The van der Waals surface area contributed by atoms with Crippen LogP contribution in [-0.2, 0) is 9.53 Å². The summed E-state index contributed by atoms with van der Waals surface area (Å²) in [5.74, 6) is -2.02. The number of amides is 2. The van der Waals surface area contributed by atoms with Crippen LogP contribution < -0.4 is 15.4 Å². The van der Waals surface area contributed by atoms with Gasteiger partial charge >= 0.3 is 12.6 Å². The lowest BCUT2D eigenvalue weighted by atomic mass is 10.3. The maximum Gasteiger partial charge on any atom is 0.387 e. The van der Waals surface area contributed by atoms with Gasteiger partial charge in [0.05, 0.1) is 16.3 Å². The van der Waals surface area contributed by atoms with E-state index in [-0.39, 0.29) is 27.1 Å². The highest BCUT2D eigenvalue weighted by Crippen LogP contribution is 2.29. The van der Waals surface area contributed by atoms with E-state index in [1.165, 1.54) is 30.5 Å². The number of benzene rings is 1. The second-order valence-corrected chi connectivity index (χ2v) is 7.66. The first-order chi connectivity index (χ1) is 15.2. The lowest BCUT2D eigenvalue weighted by Gasteiger charge is -2.10. The van der Waals surface area contributed by atoms with E-state index in [2.05, 4.69) is 15.4 Å². The number of carbonyl (C=O) groups is 3. The maximum absolute atomic E-state index is 12.3. The van der Waals surface area contributed by atoms with Gasteiger partial charge in [-0.2, -0.15) is 8.78 Å². The Morgan fingerprint density at radius 2 is 1.97 bits per heavy atom. The fraction of sp³-hybridized carbons (Fsp3) is 0.150. The quantitative estimate of drug-likeness (QED) is 0.438. The van der Waals surface area contributed by atoms with E-state index in [0.717, 1.165) is 11.3 Å². The summed E-state index contributed by atoms with van der Waals surface area (Å²) in [5.41, 5.74) is 0.754. The molecule has 8 nitrogen and oxygen atoms in total. The molecule has 2 N–H and O–H groups in total. The molecule has 32 heavy (non-hydrogen) atoms. The van der Waals surface area contributed by atoms with Crippen LogP contribution >= 0.6 is 22.9 Å². The molecule has 0 fully saturated rings. The molecule has 0 aliphatic carbocycles. The number of furan rings is 1. The zero-order valence-corrected chi connectivity index (χ0v) is 17.9. The molecule has 1 aromatic carbocycles. The van der Waals surface area contributed by atoms with E-state index in [1.54, 1.807) is 19.1 Å². The van der Waals surface area contributed by atoms with Crippen LogP contribution in [0.4, 0.5) is 19.5 Å². The van der Waals surface area contributed by atoms with Gasteiger partial charge in [-0.05, 0) is 48.9 Å². The number of thiophene rings is 1. The average Bonchev–Trinajstić information content (AvgIpc) is 3.38. The molecule has 12 heteroatoms. The number of esters is 1. The van der Waals surface area contributed by atoms with Crippen LogP contribution in [0.25, 0.3) is 0 Å². The average molecular weight is 485 g/mol. The van der Waals surface area contributed by atoms with E-state index < -0.39 is 31.0 Å². The summed E-state index contributed by atoms with van der Waals surface area (Å²) in [7, 11) is 0. The summed E-state index contributed by atoms with van der Waals surface area (Å²) in [5, 5.41) is 5.31. The van der Waals surface area contributed by atoms with E-state index in [0.29, 0.717) is 10.6 Å². The zero-order valence-electron chi connectivity index (χ0n) is 16.3. The molecule has 0 spiro atoms. The number of anilines is 2.